The minimum Gasteiger partial charge on any atom is -0.497 e. The lowest BCUT2D eigenvalue weighted by Gasteiger charge is -2.36. The highest BCUT2D eigenvalue weighted by molar-refractivity contribution is 5.85. The summed E-state index contributed by atoms with van der Waals surface area (Å²) in [5.74, 6) is 0.691. The molecule has 2 aliphatic rings. The molecular weight excluding hydrogens is 366 g/mol. The monoisotopic (exact) mass is 395 g/mol. The first-order valence-corrected chi connectivity index (χ1v) is 9.39. The molecule has 2 amide bonds. The van der Waals surface area contributed by atoms with E-state index in [2.05, 4.69) is 10.6 Å². The van der Waals surface area contributed by atoms with E-state index < -0.39 is 0 Å². The number of methoxy groups -OCH3 is 1. The van der Waals surface area contributed by atoms with Crippen LogP contribution in [0.1, 0.15) is 50.6 Å². The van der Waals surface area contributed by atoms with Gasteiger partial charge in [-0.25, -0.2) is 0 Å². The molecule has 27 heavy (non-hydrogen) atoms. The number of halogens is 1. The third-order valence-electron chi connectivity index (χ3n) is 5.66. The summed E-state index contributed by atoms with van der Waals surface area (Å²) in [6, 6.07) is 8.55. The second-order valence-corrected chi connectivity index (χ2v) is 7.50. The largest absolute Gasteiger partial charge is 0.497 e. The van der Waals surface area contributed by atoms with Crippen molar-refractivity contribution in [3.63, 3.8) is 0 Å². The van der Waals surface area contributed by atoms with Gasteiger partial charge < -0.3 is 20.3 Å². The number of nitrogens with zero attached hydrogens (tertiary/aromatic N) is 1. The first kappa shape index (κ1) is 21.5. The van der Waals surface area contributed by atoms with Crippen LogP contribution in [0.2, 0.25) is 0 Å². The normalized spacial score (nSPS) is 24.5. The minimum atomic E-state index is -0.327. The summed E-state index contributed by atoms with van der Waals surface area (Å²) < 4.78 is 5.19. The first-order chi connectivity index (χ1) is 12.5. The molecule has 1 aromatic rings. The zero-order chi connectivity index (χ0) is 18.7. The van der Waals surface area contributed by atoms with E-state index in [0.29, 0.717) is 12.1 Å². The fourth-order valence-corrected chi connectivity index (χ4v) is 4.20. The molecule has 2 bridgehead atoms. The van der Waals surface area contributed by atoms with Gasteiger partial charge in [-0.1, -0.05) is 12.1 Å². The molecule has 0 saturated carbocycles. The Morgan fingerprint density at radius 2 is 1.81 bits per heavy atom. The standard InChI is InChI=1S/C20H29N3O3.ClH/c1-13(24)21-19(14-4-8-18(26-3)9-5-14)12-20(25)23(2)17-10-15-6-7-16(11-17)22-15;/h4-5,8-9,15-17,19,22H,6-7,10-12H2,1-3H3,(H,21,24);1H. The molecule has 3 unspecified atom stereocenters. The van der Waals surface area contributed by atoms with Gasteiger partial charge in [0.25, 0.3) is 0 Å². The van der Waals surface area contributed by atoms with E-state index in [1.807, 2.05) is 36.2 Å². The highest BCUT2D eigenvalue weighted by atomic mass is 35.5. The molecule has 150 valence electrons. The Bertz CT molecular complexity index is 640. The number of rotatable bonds is 6. The Kier molecular flexibility index (Phi) is 7.50. The molecule has 1 aromatic carbocycles. The maximum absolute atomic E-state index is 12.9. The second kappa shape index (κ2) is 9.42. The Balaban J connectivity index is 0.00000261. The van der Waals surface area contributed by atoms with Gasteiger partial charge in [0.05, 0.1) is 19.6 Å². The molecule has 3 atom stereocenters. The predicted molar refractivity (Wildman–Crippen MR) is 107 cm³/mol. The van der Waals surface area contributed by atoms with E-state index in [-0.39, 0.29) is 42.7 Å². The summed E-state index contributed by atoms with van der Waals surface area (Å²) in [7, 11) is 3.52. The van der Waals surface area contributed by atoms with Crippen molar-refractivity contribution < 1.29 is 14.3 Å². The molecule has 0 aliphatic carbocycles. The van der Waals surface area contributed by atoms with Crippen molar-refractivity contribution >= 4 is 24.2 Å². The van der Waals surface area contributed by atoms with Crippen LogP contribution in [0.15, 0.2) is 24.3 Å². The van der Waals surface area contributed by atoms with Crippen LogP contribution >= 0.6 is 12.4 Å². The van der Waals surface area contributed by atoms with Crippen LogP contribution in [-0.4, -0.2) is 49.0 Å². The summed E-state index contributed by atoms with van der Waals surface area (Å²) in [5.41, 5.74) is 0.910. The fraction of sp³-hybridized carbons (Fsp3) is 0.600. The van der Waals surface area contributed by atoms with Crippen LogP contribution in [0.5, 0.6) is 5.75 Å². The Morgan fingerprint density at radius 1 is 1.22 bits per heavy atom. The maximum Gasteiger partial charge on any atom is 0.224 e. The van der Waals surface area contributed by atoms with Crippen LogP contribution in [0.4, 0.5) is 0 Å². The van der Waals surface area contributed by atoms with Gasteiger partial charge >= 0.3 is 0 Å². The summed E-state index contributed by atoms with van der Waals surface area (Å²) in [6.45, 7) is 1.48. The molecule has 2 saturated heterocycles. The molecule has 2 fully saturated rings. The first-order valence-electron chi connectivity index (χ1n) is 9.39. The predicted octanol–water partition coefficient (Wildman–Crippen LogP) is 2.43. The molecule has 6 nitrogen and oxygen atoms in total. The van der Waals surface area contributed by atoms with Gasteiger partial charge in [0.1, 0.15) is 5.75 Å². The van der Waals surface area contributed by atoms with E-state index >= 15 is 0 Å². The van der Waals surface area contributed by atoms with E-state index in [9.17, 15) is 9.59 Å². The van der Waals surface area contributed by atoms with E-state index in [4.69, 9.17) is 4.74 Å². The molecule has 0 spiro atoms. The van der Waals surface area contributed by atoms with Gasteiger partial charge in [-0.3, -0.25) is 9.59 Å². The number of hydrogen-bond donors (Lipinski definition) is 2. The number of amides is 2. The zero-order valence-corrected chi connectivity index (χ0v) is 17.1. The third kappa shape index (κ3) is 5.36. The lowest BCUT2D eigenvalue weighted by molar-refractivity contribution is -0.133. The Morgan fingerprint density at radius 3 is 2.33 bits per heavy atom. The SMILES string of the molecule is COc1ccc(C(CC(=O)N(C)C2CC3CCC(C2)N3)NC(C)=O)cc1.Cl. The van der Waals surface area contributed by atoms with Crippen LogP contribution in [0, 0.1) is 0 Å². The smallest absolute Gasteiger partial charge is 0.224 e. The van der Waals surface area contributed by atoms with Gasteiger partial charge in [0.15, 0.2) is 0 Å². The zero-order valence-electron chi connectivity index (χ0n) is 16.2. The molecular formula is C20H30ClN3O3. The van der Waals surface area contributed by atoms with Crippen LogP contribution < -0.4 is 15.4 Å². The summed E-state index contributed by atoms with van der Waals surface area (Å²) in [4.78, 5) is 26.4. The van der Waals surface area contributed by atoms with Gasteiger partial charge in [0, 0.05) is 32.1 Å². The van der Waals surface area contributed by atoms with Gasteiger partial charge in [-0.15, -0.1) is 12.4 Å². The van der Waals surface area contributed by atoms with Crippen LogP contribution in [-0.2, 0) is 9.59 Å². The van der Waals surface area contributed by atoms with Crippen LogP contribution in [0.3, 0.4) is 0 Å². The molecule has 0 radical (unpaired) electrons. The average molecular weight is 396 g/mol. The number of ether oxygens (including phenoxy) is 1. The van der Waals surface area contributed by atoms with E-state index in [1.54, 1.807) is 7.11 Å². The highest BCUT2D eigenvalue weighted by Crippen LogP contribution is 2.30. The number of benzene rings is 1. The van der Waals surface area contributed by atoms with Gasteiger partial charge in [0.2, 0.25) is 11.8 Å². The Hall–Kier alpha value is -1.79. The number of hydrogen-bond acceptors (Lipinski definition) is 4. The highest BCUT2D eigenvalue weighted by Gasteiger charge is 2.36. The number of carbonyl (C=O) groups excluding carboxylic acids is 2. The second-order valence-electron chi connectivity index (χ2n) is 7.50. The lowest BCUT2D eigenvalue weighted by atomic mass is 9.97. The van der Waals surface area contributed by atoms with Crippen molar-refractivity contribution in [3.8, 4) is 5.75 Å². The molecule has 3 rings (SSSR count). The Labute approximate surface area is 167 Å². The van der Waals surface area contributed by atoms with Crippen molar-refractivity contribution in [1.82, 2.24) is 15.5 Å². The molecule has 2 heterocycles. The van der Waals surface area contributed by atoms with Crippen molar-refractivity contribution in [2.75, 3.05) is 14.2 Å². The fourth-order valence-electron chi connectivity index (χ4n) is 4.20. The average Bonchev–Trinajstić information content (AvgIpc) is 2.98. The van der Waals surface area contributed by atoms with Crippen LogP contribution in [0.25, 0.3) is 0 Å². The summed E-state index contributed by atoms with van der Waals surface area (Å²) in [6.07, 6.45) is 4.73. The van der Waals surface area contributed by atoms with E-state index in [1.165, 1.54) is 19.8 Å². The quantitative estimate of drug-likeness (QED) is 0.776. The third-order valence-corrected chi connectivity index (χ3v) is 5.66. The van der Waals surface area contributed by atoms with Gasteiger partial charge in [-0.05, 0) is 43.4 Å². The maximum atomic E-state index is 12.9. The molecule has 7 heteroatoms. The number of piperidine rings is 1. The topological polar surface area (TPSA) is 70.7 Å². The van der Waals surface area contributed by atoms with Gasteiger partial charge in [-0.2, -0.15) is 0 Å². The molecule has 0 aromatic heterocycles. The minimum absolute atomic E-state index is 0. The van der Waals surface area contributed by atoms with Crippen molar-refractivity contribution in [1.29, 1.82) is 0 Å². The number of nitrogens with one attached hydrogen (secondary N) is 2. The molecule has 2 aliphatic heterocycles. The number of carbonyl (C=O) groups is 2. The van der Waals surface area contributed by atoms with Crippen molar-refractivity contribution in [3.05, 3.63) is 29.8 Å². The number of fused-ring (bicyclic) bond motifs is 2. The van der Waals surface area contributed by atoms with Crippen molar-refractivity contribution in [2.24, 2.45) is 0 Å². The summed E-state index contributed by atoms with van der Waals surface area (Å²) >= 11 is 0. The van der Waals surface area contributed by atoms with Crippen molar-refractivity contribution in [2.45, 2.75) is 63.2 Å². The summed E-state index contributed by atoms with van der Waals surface area (Å²) in [5, 5.41) is 6.52. The molecule has 2 N–H and O–H groups in total. The van der Waals surface area contributed by atoms with E-state index in [0.717, 1.165) is 24.2 Å². The lowest BCUT2D eigenvalue weighted by Crippen LogP contribution is -2.49.